The van der Waals surface area contributed by atoms with Gasteiger partial charge < -0.3 is 10.1 Å². The van der Waals surface area contributed by atoms with Gasteiger partial charge >= 0.3 is 0 Å². The predicted molar refractivity (Wildman–Crippen MR) is 82.8 cm³/mol. The molecule has 0 aliphatic heterocycles. The van der Waals surface area contributed by atoms with Crippen LogP contribution in [0.15, 0.2) is 4.47 Å². The van der Waals surface area contributed by atoms with Crippen LogP contribution >= 0.6 is 27.5 Å². The Labute approximate surface area is 129 Å². The van der Waals surface area contributed by atoms with E-state index in [-0.39, 0.29) is 6.04 Å². The van der Waals surface area contributed by atoms with Crippen molar-refractivity contribution >= 4 is 27.5 Å². The van der Waals surface area contributed by atoms with Crippen molar-refractivity contribution in [3.05, 3.63) is 15.9 Å². The maximum atomic E-state index is 5.96. The lowest BCUT2D eigenvalue weighted by molar-refractivity contribution is 0.185. The summed E-state index contributed by atoms with van der Waals surface area (Å²) in [7, 11) is 1.71. The quantitative estimate of drug-likeness (QED) is 0.695. The van der Waals surface area contributed by atoms with E-state index < -0.39 is 0 Å². The number of hydrogen-bond donors (Lipinski definition) is 1. The maximum absolute atomic E-state index is 5.96. The summed E-state index contributed by atoms with van der Waals surface area (Å²) in [5.74, 6) is 0.585. The van der Waals surface area contributed by atoms with E-state index in [1.807, 2.05) is 4.68 Å². The molecule has 0 saturated heterocycles. The van der Waals surface area contributed by atoms with Crippen molar-refractivity contribution in [1.29, 1.82) is 0 Å². The van der Waals surface area contributed by atoms with Gasteiger partial charge in [-0.05, 0) is 35.7 Å². The molecule has 1 atom stereocenters. The number of nitrogens with one attached hydrogen (secondary N) is 1. The van der Waals surface area contributed by atoms with Crippen LogP contribution in [-0.2, 0) is 24.2 Å². The molecule has 110 valence electrons. The Morgan fingerprint density at radius 2 is 2.21 bits per heavy atom. The molecule has 6 heteroatoms. The highest BCUT2D eigenvalue weighted by Crippen LogP contribution is 2.22. The first-order chi connectivity index (χ1) is 9.17. The second kappa shape index (κ2) is 8.95. The minimum Gasteiger partial charge on any atom is -0.385 e. The number of nitrogens with zero attached hydrogens (tertiary/aromatic N) is 2. The lowest BCUT2D eigenvalue weighted by atomic mass is 10.2. The third kappa shape index (κ3) is 4.74. The van der Waals surface area contributed by atoms with Crippen LogP contribution in [-0.4, -0.2) is 35.4 Å². The SMILES string of the molecule is CCc1nn(CC)c(CNC(CCl)CCOC)c1Br. The van der Waals surface area contributed by atoms with Crippen molar-refractivity contribution in [2.75, 3.05) is 19.6 Å². The van der Waals surface area contributed by atoms with Crippen LogP contribution in [0.25, 0.3) is 0 Å². The van der Waals surface area contributed by atoms with Crippen molar-refractivity contribution in [1.82, 2.24) is 15.1 Å². The van der Waals surface area contributed by atoms with E-state index in [0.717, 1.165) is 42.7 Å². The van der Waals surface area contributed by atoms with Gasteiger partial charge in [-0.25, -0.2) is 0 Å². The normalized spacial score (nSPS) is 12.9. The molecule has 1 rings (SSSR count). The molecule has 0 radical (unpaired) electrons. The fourth-order valence-electron chi connectivity index (χ4n) is 1.92. The molecule has 0 saturated carbocycles. The Morgan fingerprint density at radius 1 is 1.47 bits per heavy atom. The molecule has 0 fully saturated rings. The highest BCUT2D eigenvalue weighted by molar-refractivity contribution is 9.10. The summed E-state index contributed by atoms with van der Waals surface area (Å²) < 4.78 is 8.25. The summed E-state index contributed by atoms with van der Waals surface area (Å²) in [5, 5.41) is 8.06. The van der Waals surface area contributed by atoms with E-state index in [4.69, 9.17) is 16.3 Å². The van der Waals surface area contributed by atoms with Crippen LogP contribution < -0.4 is 5.32 Å². The maximum Gasteiger partial charge on any atom is 0.0767 e. The number of methoxy groups -OCH3 is 1. The van der Waals surface area contributed by atoms with Crippen LogP contribution in [0.3, 0.4) is 0 Å². The van der Waals surface area contributed by atoms with E-state index in [0.29, 0.717) is 5.88 Å². The van der Waals surface area contributed by atoms with Gasteiger partial charge in [0.05, 0.1) is 15.9 Å². The zero-order chi connectivity index (χ0) is 14.3. The fourth-order valence-corrected chi connectivity index (χ4v) is 2.89. The third-order valence-corrected chi connectivity index (χ3v) is 4.40. The van der Waals surface area contributed by atoms with Gasteiger partial charge in [-0.2, -0.15) is 5.10 Å². The van der Waals surface area contributed by atoms with E-state index in [1.54, 1.807) is 7.11 Å². The first kappa shape index (κ1) is 17.0. The molecule has 0 aliphatic rings. The minimum atomic E-state index is 0.263. The number of alkyl halides is 1. The summed E-state index contributed by atoms with van der Waals surface area (Å²) in [6.45, 7) is 6.58. The van der Waals surface area contributed by atoms with Gasteiger partial charge in [-0.3, -0.25) is 4.68 Å². The molecule has 0 bridgehead atoms. The molecule has 0 amide bonds. The van der Waals surface area contributed by atoms with Crippen molar-refractivity contribution in [3.8, 4) is 0 Å². The largest absolute Gasteiger partial charge is 0.385 e. The molecule has 0 aromatic carbocycles. The summed E-state index contributed by atoms with van der Waals surface area (Å²) in [5.41, 5.74) is 2.30. The highest BCUT2D eigenvalue weighted by atomic mass is 79.9. The average molecular weight is 353 g/mol. The molecule has 0 spiro atoms. The molecule has 1 aromatic heterocycles. The Morgan fingerprint density at radius 3 is 2.74 bits per heavy atom. The molecule has 4 nitrogen and oxygen atoms in total. The van der Waals surface area contributed by atoms with Crippen LogP contribution in [0.2, 0.25) is 0 Å². The molecular weight excluding hydrogens is 330 g/mol. The Balaban J connectivity index is 2.67. The minimum absolute atomic E-state index is 0.263. The zero-order valence-corrected chi connectivity index (χ0v) is 14.2. The van der Waals surface area contributed by atoms with Gasteiger partial charge in [0, 0.05) is 38.7 Å². The van der Waals surface area contributed by atoms with Crippen LogP contribution in [0.1, 0.15) is 31.7 Å². The summed E-state index contributed by atoms with van der Waals surface area (Å²) in [6.07, 6.45) is 1.85. The van der Waals surface area contributed by atoms with Gasteiger partial charge in [-0.15, -0.1) is 11.6 Å². The third-order valence-electron chi connectivity index (χ3n) is 3.11. The zero-order valence-electron chi connectivity index (χ0n) is 11.9. The lowest BCUT2D eigenvalue weighted by Crippen LogP contribution is -2.32. The number of aromatic nitrogens is 2. The van der Waals surface area contributed by atoms with Crippen LogP contribution in [0.5, 0.6) is 0 Å². The first-order valence-electron chi connectivity index (χ1n) is 6.70. The number of hydrogen-bond acceptors (Lipinski definition) is 3. The molecule has 1 N–H and O–H groups in total. The second-order valence-electron chi connectivity index (χ2n) is 4.39. The molecular formula is C13H23BrClN3O. The Hall–Kier alpha value is -0.100. The van der Waals surface area contributed by atoms with Crippen LogP contribution in [0.4, 0.5) is 0 Å². The lowest BCUT2D eigenvalue weighted by Gasteiger charge is -2.16. The summed E-state index contributed by atoms with van der Waals surface area (Å²) >= 11 is 9.61. The van der Waals surface area contributed by atoms with Gasteiger partial charge in [0.15, 0.2) is 0 Å². The van der Waals surface area contributed by atoms with Crippen LogP contribution in [0, 0.1) is 0 Å². The molecule has 1 aromatic rings. The Kier molecular flexibility index (Phi) is 7.99. The van der Waals surface area contributed by atoms with E-state index in [2.05, 4.69) is 40.2 Å². The molecule has 19 heavy (non-hydrogen) atoms. The summed E-state index contributed by atoms with van der Waals surface area (Å²) in [6, 6.07) is 0.263. The molecule has 1 heterocycles. The number of aryl methyl sites for hydroxylation is 2. The van der Waals surface area contributed by atoms with Crippen molar-refractivity contribution in [3.63, 3.8) is 0 Å². The fraction of sp³-hybridized carbons (Fsp3) is 0.769. The molecule has 1 unspecified atom stereocenters. The highest BCUT2D eigenvalue weighted by Gasteiger charge is 2.15. The standard InChI is InChI=1S/C13H23BrClN3O/c1-4-11-13(14)12(18(5-2)17-11)9-16-10(8-15)6-7-19-3/h10,16H,4-9H2,1-3H3. The monoisotopic (exact) mass is 351 g/mol. The van der Waals surface area contributed by atoms with E-state index in [9.17, 15) is 0 Å². The Bertz CT molecular complexity index is 384. The smallest absolute Gasteiger partial charge is 0.0767 e. The molecule has 0 aliphatic carbocycles. The average Bonchev–Trinajstić information content (AvgIpc) is 2.75. The van der Waals surface area contributed by atoms with Crippen molar-refractivity contribution in [2.45, 2.75) is 45.8 Å². The number of rotatable bonds is 9. The van der Waals surface area contributed by atoms with Crippen molar-refractivity contribution < 1.29 is 4.74 Å². The van der Waals surface area contributed by atoms with Gasteiger partial charge in [0.25, 0.3) is 0 Å². The number of halogens is 2. The van der Waals surface area contributed by atoms with Gasteiger partial charge in [-0.1, -0.05) is 6.92 Å². The first-order valence-corrected chi connectivity index (χ1v) is 8.02. The number of ether oxygens (including phenoxy) is 1. The topological polar surface area (TPSA) is 39.1 Å². The van der Waals surface area contributed by atoms with Gasteiger partial charge in [0.2, 0.25) is 0 Å². The van der Waals surface area contributed by atoms with E-state index >= 15 is 0 Å². The van der Waals surface area contributed by atoms with Crippen molar-refractivity contribution in [2.24, 2.45) is 0 Å². The summed E-state index contributed by atoms with van der Waals surface area (Å²) in [4.78, 5) is 0. The van der Waals surface area contributed by atoms with Gasteiger partial charge in [0.1, 0.15) is 0 Å². The second-order valence-corrected chi connectivity index (χ2v) is 5.49. The predicted octanol–water partition coefficient (Wildman–Crippen LogP) is 2.96. The van der Waals surface area contributed by atoms with E-state index in [1.165, 1.54) is 5.69 Å².